The zero-order valence-corrected chi connectivity index (χ0v) is 16.2. The van der Waals surface area contributed by atoms with E-state index in [0.29, 0.717) is 30.3 Å². The Morgan fingerprint density at radius 1 is 1.00 bits per heavy atom. The van der Waals surface area contributed by atoms with Crippen LogP contribution < -0.4 is 0 Å². The lowest BCUT2D eigenvalue weighted by Crippen LogP contribution is -2.44. The van der Waals surface area contributed by atoms with Crippen molar-refractivity contribution >= 4 is 11.9 Å². The summed E-state index contributed by atoms with van der Waals surface area (Å²) in [5.41, 5.74) is 2.07. The van der Waals surface area contributed by atoms with Crippen molar-refractivity contribution in [2.75, 3.05) is 7.11 Å². The molecule has 4 nitrogen and oxygen atoms in total. The number of amides is 1. The Hall–Kier alpha value is -1.84. The van der Waals surface area contributed by atoms with Crippen molar-refractivity contribution in [2.24, 2.45) is 5.92 Å². The highest BCUT2D eigenvalue weighted by atomic mass is 16.5. The van der Waals surface area contributed by atoms with Gasteiger partial charge in [-0.15, -0.1) is 0 Å². The van der Waals surface area contributed by atoms with Crippen LogP contribution in [0.3, 0.4) is 0 Å². The summed E-state index contributed by atoms with van der Waals surface area (Å²) in [5, 5.41) is 0. The molecule has 0 heterocycles. The maximum Gasteiger partial charge on any atom is 0.305 e. The lowest BCUT2D eigenvalue weighted by molar-refractivity contribution is -0.142. The maximum absolute atomic E-state index is 13.2. The molecule has 4 heteroatoms. The van der Waals surface area contributed by atoms with Gasteiger partial charge in [0.05, 0.1) is 7.11 Å². The van der Waals surface area contributed by atoms with Crippen molar-refractivity contribution in [1.29, 1.82) is 0 Å². The van der Waals surface area contributed by atoms with E-state index in [1.165, 1.54) is 12.7 Å². The molecular weight excluding hydrogens is 326 g/mol. The number of carbonyl (C=O) groups excluding carboxylic acids is 2. The van der Waals surface area contributed by atoms with E-state index in [1.807, 2.05) is 12.1 Å². The highest BCUT2D eigenvalue weighted by Crippen LogP contribution is 2.37. The van der Waals surface area contributed by atoms with E-state index in [-0.39, 0.29) is 11.9 Å². The fourth-order valence-electron chi connectivity index (χ4n) is 4.09. The van der Waals surface area contributed by atoms with Gasteiger partial charge in [0.1, 0.15) is 0 Å². The van der Waals surface area contributed by atoms with Crippen molar-refractivity contribution in [3.8, 4) is 0 Å². The number of benzene rings is 1. The summed E-state index contributed by atoms with van der Waals surface area (Å²) in [6.07, 6.45) is 6.75. The lowest BCUT2D eigenvalue weighted by atomic mass is 9.83. The van der Waals surface area contributed by atoms with Crippen LogP contribution in [-0.4, -0.2) is 36.0 Å². The van der Waals surface area contributed by atoms with Gasteiger partial charge in [0.15, 0.2) is 0 Å². The van der Waals surface area contributed by atoms with Crippen molar-refractivity contribution in [2.45, 2.75) is 76.8 Å². The molecule has 0 radical (unpaired) electrons. The molecule has 2 aliphatic rings. The smallest absolute Gasteiger partial charge is 0.305 e. The molecule has 1 amide bonds. The minimum Gasteiger partial charge on any atom is -0.469 e. The third-order valence-electron chi connectivity index (χ3n) is 5.89. The monoisotopic (exact) mass is 357 g/mol. The van der Waals surface area contributed by atoms with E-state index in [0.717, 1.165) is 44.1 Å². The van der Waals surface area contributed by atoms with E-state index in [2.05, 4.69) is 30.9 Å². The molecule has 0 atom stereocenters. The Morgan fingerprint density at radius 2 is 1.54 bits per heavy atom. The van der Waals surface area contributed by atoms with E-state index in [4.69, 9.17) is 4.74 Å². The van der Waals surface area contributed by atoms with Gasteiger partial charge in [-0.2, -0.15) is 0 Å². The maximum atomic E-state index is 13.2. The number of ether oxygens (including phenoxy) is 1. The summed E-state index contributed by atoms with van der Waals surface area (Å²) in [7, 11) is 1.45. The van der Waals surface area contributed by atoms with E-state index in [1.54, 1.807) is 0 Å². The fraction of sp³-hybridized carbons (Fsp3) is 0.636. The van der Waals surface area contributed by atoms with E-state index >= 15 is 0 Å². The van der Waals surface area contributed by atoms with Crippen LogP contribution in [0.2, 0.25) is 0 Å². The minimum atomic E-state index is -0.117. The van der Waals surface area contributed by atoms with Gasteiger partial charge in [-0.3, -0.25) is 9.59 Å². The second-order valence-electron chi connectivity index (χ2n) is 8.18. The molecular formula is C22H31NO3. The van der Waals surface area contributed by atoms with Gasteiger partial charge >= 0.3 is 5.97 Å². The Labute approximate surface area is 156 Å². The normalized spacial score (nSPS) is 22.9. The quantitative estimate of drug-likeness (QED) is 0.702. The second-order valence-corrected chi connectivity index (χ2v) is 8.18. The first kappa shape index (κ1) is 18.9. The van der Waals surface area contributed by atoms with Crippen LogP contribution in [0.25, 0.3) is 0 Å². The number of carbonyl (C=O) groups is 2. The summed E-state index contributed by atoms with van der Waals surface area (Å²) in [6, 6.07) is 8.85. The first-order chi connectivity index (χ1) is 12.5. The fourth-order valence-corrected chi connectivity index (χ4v) is 4.09. The first-order valence-electron chi connectivity index (χ1n) is 9.99. The molecule has 1 aromatic rings. The van der Waals surface area contributed by atoms with Crippen LogP contribution in [-0.2, 0) is 9.53 Å². The Kier molecular flexibility index (Phi) is 6.00. The van der Waals surface area contributed by atoms with E-state index < -0.39 is 0 Å². The molecule has 26 heavy (non-hydrogen) atoms. The molecule has 0 spiro atoms. The first-order valence-corrected chi connectivity index (χ1v) is 9.99. The molecule has 2 aliphatic carbocycles. The Morgan fingerprint density at radius 3 is 2.00 bits per heavy atom. The highest BCUT2D eigenvalue weighted by Gasteiger charge is 2.39. The van der Waals surface area contributed by atoms with Crippen LogP contribution in [0, 0.1) is 5.92 Å². The van der Waals surface area contributed by atoms with Gasteiger partial charge in [0.2, 0.25) is 0 Å². The van der Waals surface area contributed by atoms with Gasteiger partial charge < -0.3 is 9.64 Å². The summed E-state index contributed by atoms with van der Waals surface area (Å²) in [6.45, 7) is 4.33. The third-order valence-corrected chi connectivity index (χ3v) is 5.89. The molecule has 0 N–H and O–H groups in total. The minimum absolute atomic E-state index is 0.117. The standard InChI is InChI=1S/C22H31NO3/c1-15(2)17-6-8-18(9-7-17)22(25)23(20-12-13-20)19-10-4-16(5-11-19)14-21(24)26-3/h6-9,15-16,19-20H,4-5,10-14H2,1-3H3. The molecule has 0 unspecified atom stereocenters. The molecule has 3 rings (SSSR count). The van der Waals surface area contributed by atoms with Crippen LogP contribution in [0.5, 0.6) is 0 Å². The van der Waals surface area contributed by atoms with Crippen LogP contribution >= 0.6 is 0 Å². The molecule has 0 aliphatic heterocycles. The van der Waals surface area contributed by atoms with Gasteiger partial charge in [0, 0.05) is 24.1 Å². The summed E-state index contributed by atoms with van der Waals surface area (Å²) < 4.78 is 4.79. The van der Waals surface area contributed by atoms with Crippen molar-refractivity contribution in [3.05, 3.63) is 35.4 Å². The van der Waals surface area contributed by atoms with Crippen molar-refractivity contribution in [3.63, 3.8) is 0 Å². The molecule has 142 valence electrons. The predicted octanol–water partition coefficient (Wildman–Crippen LogP) is 4.54. The second kappa shape index (κ2) is 8.24. The van der Waals surface area contributed by atoms with Crippen LogP contribution in [0.4, 0.5) is 0 Å². The van der Waals surface area contributed by atoms with Crippen LogP contribution in [0.15, 0.2) is 24.3 Å². The van der Waals surface area contributed by atoms with Crippen LogP contribution in [0.1, 0.15) is 80.6 Å². The topological polar surface area (TPSA) is 46.6 Å². The number of nitrogens with zero attached hydrogens (tertiary/aromatic N) is 1. The third kappa shape index (κ3) is 4.46. The molecule has 0 saturated heterocycles. The number of hydrogen-bond donors (Lipinski definition) is 0. The number of hydrogen-bond acceptors (Lipinski definition) is 3. The average molecular weight is 357 g/mol. The van der Waals surface area contributed by atoms with Gasteiger partial charge in [0.25, 0.3) is 5.91 Å². The zero-order valence-electron chi connectivity index (χ0n) is 16.2. The largest absolute Gasteiger partial charge is 0.469 e. The summed E-state index contributed by atoms with van der Waals surface area (Å²) in [5.74, 6) is 0.942. The van der Waals surface area contributed by atoms with Crippen molar-refractivity contribution < 1.29 is 14.3 Å². The Bertz CT molecular complexity index is 625. The van der Waals surface area contributed by atoms with Gasteiger partial charge in [-0.25, -0.2) is 0 Å². The molecule has 0 aromatic heterocycles. The molecule has 0 bridgehead atoms. The number of rotatable bonds is 6. The highest BCUT2D eigenvalue weighted by molar-refractivity contribution is 5.95. The van der Waals surface area contributed by atoms with Gasteiger partial charge in [-0.05, 0) is 68.1 Å². The Balaban J connectivity index is 1.64. The number of methoxy groups -OCH3 is 1. The predicted molar refractivity (Wildman–Crippen MR) is 102 cm³/mol. The van der Waals surface area contributed by atoms with Gasteiger partial charge in [-0.1, -0.05) is 26.0 Å². The summed E-state index contributed by atoms with van der Waals surface area (Å²) in [4.78, 5) is 26.8. The molecule has 2 fully saturated rings. The molecule has 1 aromatic carbocycles. The zero-order chi connectivity index (χ0) is 18.7. The molecule has 2 saturated carbocycles. The van der Waals surface area contributed by atoms with E-state index in [9.17, 15) is 9.59 Å². The van der Waals surface area contributed by atoms with Crippen molar-refractivity contribution in [1.82, 2.24) is 4.90 Å². The average Bonchev–Trinajstić information content (AvgIpc) is 3.48. The summed E-state index contributed by atoms with van der Waals surface area (Å²) >= 11 is 0. The lowest BCUT2D eigenvalue weighted by Gasteiger charge is -2.37. The number of esters is 1. The SMILES string of the molecule is COC(=O)CC1CCC(N(C(=O)c2ccc(C(C)C)cc2)C2CC2)CC1.